The maximum Gasteiger partial charge on any atom is 0.159 e. The Hall–Kier alpha value is -2.30. The monoisotopic (exact) mass is 283 g/mol. The number of nitrogens with two attached hydrogens (primary N) is 1. The van der Waals surface area contributed by atoms with Crippen molar-refractivity contribution in [1.29, 1.82) is 0 Å². The van der Waals surface area contributed by atoms with Crippen LogP contribution in [-0.4, -0.2) is 16.0 Å². The van der Waals surface area contributed by atoms with E-state index in [-0.39, 0.29) is 0 Å². The van der Waals surface area contributed by atoms with Gasteiger partial charge in [-0.25, -0.2) is 9.97 Å². The Balaban J connectivity index is 1.75. The van der Waals surface area contributed by atoms with E-state index in [1.54, 1.807) is 6.33 Å². The minimum atomic E-state index is 0.473. The van der Waals surface area contributed by atoms with E-state index in [1.807, 2.05) is 30.3 Å². The number of rotatable bonds is 4. The lowest BCUT2D eigenvalue weighted by molar-refractivity contribution is 0.462. The van der Waals surface area contributed by atoms with Crippen LogP contribution in [0.1, 0.15) is 32.1 Å². The van der Waals surface area contributed by atoms with Crippen molar-refractivity contribution in [2.24, 2.45) is 0 Å². The zero-order valence-electron chi connectivity index (χ0n) is 12.0. The molecular formula is C16H21N5. The number of hydrogen-bond donors (Lipinski definition) is 3. The average Bonchev–Trinajstić information content (AvgIpc) is 2.53. The number of hydrogen-bond acceptors (Lipinski definition) is 5. The Kier molecular flexibility index (Phi) is 4.19. The first-order chi connectivity index (χ1) is 10.3. The number of anilines is 4. The molecule has 1 fully saturated rings. The van der Waals surface area contributed by atoms with E-state index in [9.17, 15) is 0 Å². The number of nitrogens with zero attached hydrogens (tertiary/aromatic N) is 2. The Bertz CT molecular complexity index is 578. The first kappa shape index (κ1) is 13.7. The number of aromatic nitrogens is 2. The highest BCUT2D eigenvalue weighted by atomic mass is 15.1. The molecule has 0 saturated heterocycles. The highest BCUT2D eigenvalue weighted by Crippen LogP contribution is 2.28. The fourth-order valence-corrected chi connectivity index (χ4v) is 2.71. The van der Waals surface area contributed by atoms with Crippen LogP contribution in [0.2, 0.25) is 0 Å². The van der Waals surface area contributed by atoms with Crippen LogP contribution < -0.4 is 16.4 Å². The second kappa shape index (κ2) is 6.43. The molecule has 1 heterocycles. The summed E-state index contributed by atoms with van der Waals surface area (Å²) >= 11 is 0. The van der Waals surface area contributed by atoms with E-state index < -0.39 is 0 Å². The Labute approximate surface area is 125 Å². The van der Waals surface area contributed by atoms with Gasteiger partial charge >= 0.3 is 0 Å². The summed E-state index contributed by atoms with van der Waals surface area (Å²) in [6, 6.07) is 10.4. The van der Waals surface area contributed by atoms with Crippen molar-refractivity contribution in [2.45, 2.75) is 38.1 Å². The summed E-state index contributed by atoms with van der Waals surface area (Å²) in [4.78, 5) is 8.53. The van der Waals surface area contributed by atoms with Gasteiger partial charge in [0.2, 0.25) is 0 Å². The van der Waals surface area contributed by atoms with Crippen LogP contribution in [-0.2, 0) is 0 Å². The van der Waals surface area contributed by atoms with Crippen molar-refractivity contribution >= 4 is 23.0 Å². The van der Waals surface area contributed by atoms with Gasteiger partial charge in [0.05, 0.1) is 0 Å². The third-order valence-corrected chi connectivity index (χ3v) is 3.87. The summed E-state index contributed by atoms with van der Waals surface area (Å²) < 4.78 is 0. The van der Waals surface area contributed by atoms with Crippen molar-refractivity contribution in [3.8, 4) is 0 Å². The van der Waals surface area contributed by atoms with Crippen molar-refractivity contribution in [3.63, 3.8) is 0 Å². The molecule has 0 amide bonds. The lowest BCUT2D eigenvalue weighted by Gasteiger charge is -2.24. The van der Waals surface area contributed by atoms with Crippen molar-refractivity contribution in [2.75, 3.05) is 16.4 Å². The number of nitrogen functional groups attached to an aromatic ring is 1. The topological polar surface area (TPSA) is 75.9 Å². The van der Waals surface area contributed by atoms with Gasteiger partial charge in [-0.15, -0.1) is 0 Å². The summed E-state index contributed by atoms with van der Waals surface area (Å²) in [5.74, 6) is 1.38. The molecule has 0 aliphatic heterocycles. The summed E-state index contributed by atoms with van der Waals surface area (Å²) in [7, 11) is 0. The van der Waals surface area contributed by atoms with Crippen LogP contribution in [0.4, 0.5) is 23.0 Å². The normalized spacial score (nSPS) is 15.6. The van der Waals surface area contributed by atoms with Gasteiger partial charge in [-0.2, -0.15) is 0 Å². The van der Waals surface area contributed by atoms with Crippen LogP contribution in [0.5, 0.6) is 0 Å². The van der Waals surface area contributed by atoms with Crippen LogP contribution >= 0.6 is 0 Å². The molecule has 0 atom stereocenters. The van der Waals surface area contributed by atoms with E-state index in [0.29, 0.717) is 17.5 Å². The van der Waals surface area contributed by atoms with Crippen molar-refractivity contribution in [1.82, 2.24) is 9.97 Å². The highest BCUT2D eigenvalue weighted by Gasteiger charge is 2.16. The predicted octanol–water partition coefficient (Wildman–Crippen LogP) is 3.55. The van der Waals surface area contributed by atoms with E-state index in [2.05, 4.69) is 20.6 Å². The fraction of sp³-hybridized carbons (Fsp3) is 0.375. The molecule has 0 spiro atoms. The van der Waals surface area contributed by atoms with Gasteiger partial charge in [0.25, 0.3) is 0 Å². The summed E-state index contributed by atoms with van der Waals surface area (Å²) in [6.07, 6.45) is 7.80. The third kappa shape index (κ3) is 3.42. The molecule has 0 radical (unpaired) electrons. The maximum atomic E-state index is 6.20. The number of nitrogens with one attached hydrogen (secondary N) is 2. The summed E-state index contributed by atoms with van der Waals surface area (Å²) in [6.45, 7) is 0. The molecule has 2 aromatic rings. The Morgan fingerprint density at radius 1 is 0.952 bits per heavy atom. The second-order valence-corrected chi connectivity index (χ2v) is 5.45. The zero-order valence-corrected chi connectivity index (χ0v) is 12.0. The minimum absolute atomic E-state index is 0.473. The van der Waals surface area contributed by atoms with E-state index in [4.69, 9.17) is 5.73 Å². The molecule has 5 nitrogen and oxygen atoms in total. The molecule has 1 saturated carbocycles. The Morgan fingerprint density at radius 2 is 1.67 bits per heavy atom. The standard InChI is InChI=1S/C16H21N5/c17-14-15(20-12-7-3-1-4-8-12)18-11-19-16(14)21-13-9-5-2-6-10-13/h1,3-4,7-8,11,13H,2,5-6,9-10,17H2,(H2,18,19,20,21). The van der Waals surface area contributed by atoms with E-state index >= 15 is 0 Å². The lowest BCUT2D eigenvalue weighted by Crippen LogP contribution is -2.23. The zero-order chi connectivity index (χ0) is 14.5. The molecule has 110 valence electrons. The quantitative estimate of drug-likeness (QED) is 0.800. The number of para-hydroxylation sites is 1. The van der Waals surface area contributed by atoms with Gasteiger partial charge in [0.1, 0.15) is 12.0 Å². The van der Waals surface area contributed by atoms with Crippen LogP contribution in [0.15, 0.2) is 36.7 Å². The first-order valence-corrected chi connectivity index (χ1v) is 7.52. The molecule has 1 aliphatic carbocycles. The largest absolute Gasteiger partial charge is 0.393 e. The van der Waals surface area contributed by atoms with Gasteiger partial charge in [0.15, 0.2) is 11.6 Å². The smallest absolute Gasteiger partial charge is 0.159 e. The second-order valence-electron chi connectivity index (χ2n) is 5.45. The third-order valence-electron chi connectivity index (χ3n) is 3.87. The van der Waals surface area contributed by atoms with Gasteiger partial charge in [-0.05, 0) is 25.0 Å². The molecule has 1 aromatic heterocycles. The molecular weight excluding hydrogens is 262 g/mol. The van der Waals surface area contributed by atoms with Crippen LogP contribution in [0.25, 0.3) is 0 Å². The molecule has 0 unspecified atom stereocenters. The van der Waals surface area contributed by atoms with Crippen LogP contribution in [0, 0.1) is 0 Å². The molecule has 3 rings (SSSR count). The van der Waals surface area contributed by atoms with Crippen molar-refractivity contribution in [3.05, 3.63) is 36.7 Å². The highest BCUT2D eigenvalue weighted by molar-refractivity contribution is 5.77. The number of benzene rings is 1. The molecule has 1 aromatic carbocycles. The van der Waals surface area contributed by atoms with Gasteiger partial charge in [0, 0.05) is 11.7 Å². The van der Waals surface area contributed by atoms with E-state index in [0.717, 1.165) is 11.5 Å². The predicted molar refractivity (Wildman–Crippen MR) is 86.7 cm³/mol. The summed E-state index contributed by atoms with van der Waals surface area (Å²) in [5.41, 5.74) is 7.74. The average molecular weight is 283 g/mol. The molecule has 21 heavy (non-hydrogen) atoms. The van der Waals surface area contributed by atoms with E-state index in [1.165, 1.54) is 32.1 Å². The SMILES string of the molecule is Nc1c(Nc2ccccc2)ncnc1NC1CCCCC1. The minimum Gasteiger partial charge on any atom is -0.393 e. The van der Waals surface area contributed by atoms with Gasteiger partial charge in [-0.1, -0.05) is 37.5 Å². The van der Waals surface area contributed by atoms with Crippen molar-refractivity contribution < 1.29 is 0 Å². The van der Waals surface area contributed by atoms with Gasteiger partial charge < -0.3 is 16.4 Å². The first-order valence-electron chi connectivity index (χ1n) is 7.52. The molecule has 4 N–H and O–H groups in total. The maximum absolute atomic E-state index is 6.20. The molecule has 1 aliphatic rings. The van der Waals surface area contributed by atoms with Gasteiger partial charge in [-0.3, -0.25) is 0 Å². The lowest BCUT2D eigenvalue weighted by atomic mass is 9.95. The molecule has 5 heteroatoms. The van der Waals surface area contributed by atoms with Crippen LogP contribution in [0.3, 0.4) is 0 Å². The summed E-state index contributed by atoms with van der Waals surface area (Å²) in [5, 5.41) is 6.69. The Morgan fingerprint density at radius 3 is 2.43 bits per heavy atom. The molecule has 0 bridgehead atoms. The fourth-order valence-electron chi connectivity index (χ4n) is 2.71.